The van der Waals surface area contributed by atoms with Gasteiger partial charge in [-0.15, -0.1) is 0 Å². The third-order valence-corrected chi connectivity index (χ3v) is 4.43. The number of hydrogen-bond donors (Lipinski definition) is 1. The number of halogens is 1. The van der Waals surface area contributed by atoms with E-state index in [1.807, 2.05) is 6.07 Å². The first-order valence-electron chi connectivity index (χ1n) is 5.93. The van der Waals surface area contributed by atoms with E-state index in [0.717, 1.165) is 15.9 Å². The van der Waals surface area contributed by atoms with Crippen molar-refractivity contribution in [3.05, 3.63) is 76.9 Å². The van der Waals surface area contributed by atoms with Gasteiger partial charge in [0, 0.05) is 31.2 Å². The molecule has 0 spiro atoms. The Hall–Kier alpha value is -1.45. The van der Waals surface area contributed by atoms with Gasteiger partial charge in [-0.1, -0.05) is 52.5 Å². The van der Waals surface area contributed by atoms with Crippen molar-refractivity contribution in [1.82, 2.24) is 0 Å². The van der Waals surface area contributed by atoms with Crippen molar-refractivity contribution < 1.29 is 0 Å². The largest absolute Gasteiger partial charge is 0.355 e. The van der Waals surface area contributed by atoms with Gasteiger partial charge in [0.2, 0.25) is 0 Å². The number of allylic oxidation sites excluding steroid dienone is 1. The van der Waals surface area contributed by atoms with E-state index in [2.05, 4.69) is 76.4 Å². The van der Waals surface area contributed by atoms with Crippen molar-refractivity contribution >= 4 is 38.3 Å². The van der Waals surface area contributed by atoms with Crippen molar-refractivity contribution in [2.45, 2.75) is 4.90 Å². The summed E-state index contributed by atoms with van der Waals surface area (Å²) in [7, 11) is 0. The van der Waals surface area contributed by atoms with E-state index in [-0.39, 0.29) is 0 Å². The van der Waals surface area contributed by atoms with Crippen LogP contribution in [0.15, 0.2) is 76.3 Å². The zero-order valence-corrected chi connectivity index (χ0v) is 12.6. The summed E-state index contributed by atoms with van der Waals surface area (Å²) >= 11 is 5.22. The monoisotopic (exact) mass is 329 g/mol. The fourth-order valence-electron chi connectivity index (χ4n) is 1.97. The summed E-state index contributed by atoms with van der Waals surface area (Å²) in [5.74, 6) is 0. The van der Waals surface area contributed by atoms with Gasteiger partial charge in [0.1, 0.15) is 0 Å². The number of hydrogen-bond acceptors (Lipinski definition) is 2. The average molecular weight is 330 g/mol. The molecule has 0 aliphatic carbocycles. The molecule has 2 aromatic rings. The summed E-state index contributed by atoms with van der Waals surface area (Å²) in [6.07, 6.45) is 2.09. The van der Waals surface area contributed by atoms with Crippen LogP contribution >= 0.6 is 27.7 Å². The van der Waals surface area contributed by atoms with Crippen LogP contribution in [0.1, 0.15) is 5.56 Å². The molecule has 0 fully saturated rings. The summed E-state index contributed by atoms with van der Waals surface area (Å²) in [4.78, 5) is 2.45. The highest BCUT2D eigenvalue weighted by atomic mass is 79.9. The number of fused-ring (bicyclic) bond motifs is 1. The summed E-state index contributed by atoms with van der Waals surface area (Å²) in [5, 5.41) is 3.29. The Morgan fingerprint density at radius 3 is 2.53 bits per heavy atom. The Morgan fingerprint density at radius 2 is 1.74 bits per heavy atom. The maximum absolute atomic E-state index is 4.01. The lowest BCUT2D eigenvalue weighted by Gasteiger charge is -2.20. The molecule has 1 N–H and O–H groups in total. The molecule has 0 radical (unpaired) electrons. The highest BCUT2D eigenvalue weighted by Crippen LogP contribution is 2.41. The molecule has 0 atom stereocenters. The molecule has 1 nitrogen and oxygen atoms in total. The van der Waals surface area contributed by atoms with Crippen molar-refractivity contribution in [2.75, 3.05) is 5.32 Å². The zero-order chi connectivity index (χ0) is 13.2. The number of anilines is 1. The van der Waals surface area contributed by atoms with Crippen LogP contribution in [0.5, 0.6) is 0 Å². The van der Waals surface area contributed by atoms with E-state index >= 15 is 0 Å². The van der Waals surface area contributed by atoms with Crippen LogP contribution in [0.25, 0.3) is 4.91 Å². The van der Waals surface area contributed by atoms with Gasteiger partial charge in [0.05, 0.1) is 0 Å². The lowest BCUT2D eigenvalue weighted by molar-refractivity contribution is 1.43. The second-order valence-electron chi connectivity index (χ2n) is 4.26. The number of rotatable bonds is 2. The molecule has 1 aliphatic heterocycles. The van der Waals surface area contributed by atoms with Gasteiger partial charge in [-0.25, -0.2) is 0 Å². The fourth-order valence-corrected chi connectivity index (χ4v) is 3.25. The van der Waals surface area contributed by atoms with Gasteiger partial charge in [-0.2, -0.15) is 0 Å². The second-order valence-corrected chi connectivity index (χ2v) is 6.29. The molecule has 0 amide bonds. The summed E-state index contributed by atoms with van der Waals surface area (Å²) in [6, 6.07) is 16.7. The van der Waals surface area contributed by atoms with E-state index in [1.54, 1.807) is 11.8 Å². The van der Waals surface area contributed by atoms with E-state index < -0.39 is 0 Å². The molecule has 3 heteroatoms. The Balaban J connectivity index is 1.95. The maximum atomic E-state index is 4.01. The quantitative estimate of drug-likeness (QED) is 0.778. The molecular weight excluding hydrogens is 318 g/mol. The first-order valence-corrected chi connectivity index (χ1v) is 7.54. The van der Waals surface area contributed by atoms with Crippen LogP contribution in [-0.4, -0.2) is 0 Å². The third-order valence-electron chi connectivity index (χ3n) is 2.83. The Labute approximate surface area is 125 Å². The molecule has 0 unspecified atom stereocenters. The van der Waals surface area contributed by atoms with Crippen molar-refractivity contribution in [3.8, 4) is 0 Å². The number of benzene rings is 2. The number of nitrogens with one attached hydrogen (secondary N) is 1. The molecule has 1 heterocycles. The van der Waals surface area contributed by atoms with Crippen molar-refractivity contribution in [3.63, 3.8) is 0 Å². The Bertz CT molecular complexity index is 659. The minimum absolute atomic E-state index is 0.929. The highest BCUT2D eigenvalue weighted by Gasteiger charge is 2.14. The summed E-state index contributed by atoms with van der Waals surface area (Å²) in [5.41, 5.74) is 3.27. The fraction of sp³-hybridized carbons (Fsp3) is 0. The normalized spacial score (nSPS) is 13.5. The lowest BCUT2D eigenvalue weighted by Crippen LogP contribution is -2.04. The van der Waals surface area contributed by atoms with Gasteiger partial charge in [0.15, 0.2) is 0 Å². The average Bonchev–Trinajstić information content (AvgIpc) is 2.41. The summed E-state index contributed by atoms with van der Waals surface area (Å²) < 4.78 is 1.10. The Morgan fingerprint density at radius 1 is 1.00 bits per heavy atom. The standard InChI is InChI=1S/C16H12BrNS/c1-11-10-16(14-4-2-3-5-15(14)18-11)19-13-8-6-12(17)7-9-13/h2-10,18H,1H2. The number of para-hydroxylation sites is 1. The molecule has 0 bridgehead atoms. The molecule has 3 rings (SSSR count). The van der Waals surface area contributed by atoms with Crippen molar-refractivity contribution in [2.24, 2.45) is 0 Å². The van der Waals surface area contributed by atoms with E-state index in [0.29, 0.717) is 0 Å². The van der Waals surface area contributed by atoms with Crippen LogP contribution in [0.2, 0.25) is 0 Å². The molecule has 19 heavy (non-hydrogen) atoms. The van der Waals surface area contributed by atoms with Crippen LogP contribution in [0, 0.1) is 0 Å². The smallest absolute Gasteiger partial charge is 0.0469 e. The van der Waals surface area contributed by atoms with E-state index in [4.69, 9.17) is 0 Å². The highest BCUT2D eigenvalue weighted by molar-refractivity contribution is 9.10. The molecule has 2 aromatic carbocycles. The first kappa shape index (κ1) is 12.6. The number of thioether (sulfide) groups is 1. The Kier molecular flexibility index (Phi) is 3.49. The molecule has 0 saturated heterocycles. The topological polar surface area (TPSA) is 12.0 Å². The van der Waals surface area contributed by atoms with Gasteiger partial charge in [-0.3, -0.25) is 0 Å². The molecule has 94 valence electrons. The summed E-state index contributed by atoms with van der Waals surface area (Å²) in [6.45, 7) is 4.01. The second kappa shape index (κ2) is 5.27. The molecule has 0 aromatic heterocycles. The van der Waals surface area contributed by atoms with Gasteiger partial charge in [0.25, 0.3) is 0 Å². The van der Waals surface area contributed by atoms with Crippen LogP contribution in [0.3, 0.4) is 0 Å². The van der Waals surface area contributed by atoms with Crippen molar-refractivity contribution in [1.29, 1.82) is 0 Å². The van der Waals surface area contributed by atoms with E-state index in [1.165, 1.54) is 15.4 Å². The molecule has 1 aliphatic rings. The predicted octanol–water partition coefficient (Wildman–Crippen LogP) is 5.52. The van der Waals surface area contributed by atoms with Gasteiger partial charge >= 0.3 is 0 Å². The van der Waals surface area contributed by atoms with Crippen LogP contribution < -0.4 is 5.32 Å². The van der Waals surface area contributed by atoms with Gasteiger partial charge < -0.3 is 5.32 Å². The minimum Gasteiger partial charge on any atom is -0.355 e. The predicted molar refractivity (Wildman–Crippen MR) is 87.2 cm³/mol. The SMILES string of the molecule is C=C1C=C(Sc2ccc(Br)cc2)c2ccccc2N1. The van der Waals surface area contributed by atoms with E-state index in [9.17, 15) is 0 Å². The van der Waals surface area contributed by atoms with Gasteiger partial charge in [-0.05, 0) is 36.4 Å². The lowest BCUT2D eigenvalue weighted by atomic mass is 10.1. The minimum atomic E-state index is 0.929. The molecule has 0 saturated carbocycles. The maximum Gasteiger partial charge on any atom is 0.0469 e. The zero-order valence-electron chi connectivity index (χ0n) is 10.2. The van der Waals surface area contributed by atoms with Crippen LogP contribution in [0.4, 0.5) is 5.69 Å². The third kappa shape index (κ3) is 2.77. The first-order chi connectivity index (χ1) is 9.22. The molecular formula is C16H12BrNS. The van der Waals surface area contributed by atoms with Crippen LogP contribution in [-0.2, 0) is 0 Å².